The summed E-state index contributed by atoms with van der Waals surface area (Å²) in [6.45, 7) is 5.84. The van der Waals surface area contributed by atoms with Gasteiger partial charge in [-0.05, 0) is 44.0 Å². The summed E-state index contributed by atoms with van der Waals surface area (Å²) in [4.78, 5) is 16.5. The highest BCUT2D eigenvalue weighted by Crippen LogP contribution is 2.18. The van der Waals surface area contributed by atoms with Crippen LogP contribution in [-0.4, -0.2) is 22.2 Å². The van der Waals surface area contributed by atoms with Crippen molar-refractivity contribution in [3.63, 3.8) is 0 Å². The number of carbonyl (C=O) groups excluding carboxylic acids is 1. The lowest BCUT2D eigenvalue weighted by atomic mass is 10.1. The number of nitrogens with one attached hydrogen (secondary N) is 1. The molecule has 0 saturated heterocycles. The Bertz CT molecular complexity index is 870. The Balaban J connectivity index is 1.56. The largest absolute Gasteiger partial charge is 0.481 e. The maximum atomic E-state index is 12.2. The summed E-state index contributed by atoms with van der Waals surface area (Å²) in [5, 5.41) is 6.68. The van der Waals surface area contributed by atoms with Crippen LogP contribution in [0.2, 0.25) is 0 Å². The fourth-order valence-corrected chi connectivity index (χ4v) is 2.60. The van der Waals surface area contributed by atoms with Gasteiger partial charge >= 0.3 is 0 Å². The molecule has 1 heterocycles. The molecule has 1 amide bonds. The zero-order valence-electron chi connectivity index (χ0n) is 15.0. The molecule has 0 aliphatic carbocycles. The lowest BCUT2D eigenvalue weighted by Gasteiger charge is -2.15. The smallest absolute Gasteiger partial charge is 0.261 e. The number of rotatable bonds is 6. The predicted octanol–water partition coefficient (Wildman–Crippen LogP) is 3.44. The fourth-order valence-electron chi connectivity index (χ4n) is 2.60. The van der Waals surface area contributed by atoms with Gasteiger partial charge < -0.3 is 14.6 Å². The summed E-state index contributed by atoms with van der Waals surface area (Å²) in [5.41, 5.74) is 3.04. The second-order valence-corrected chi connectivity index (χ2v) is 6.18. The van der Waals surface area contributed by atoms with E-state index in [-0.39, 0.29) is 12.5 Å². The third-order valence-electron chi connectivity index (χ3n) is 3.79. The number of benzene rings is 2. The van der Waals surface area contributed by atoms with Crippen molar-refractivity contribution in [2.75, 3.05) is 0 Å². The van der Waals surface area contributed by atoms with Crippen LogP contribution in [0.5, 0.6) is 5.75 Å². The summed E-state index contributed by atoms with van der Waals surface area (Å²) >= 11 is 0. The standard InChI is InChI=1S/C20H21N3O3/c1-13-9-14(2)11-17(10-13)25-15(3)20(24)21-12-18-22-19(23-26-18)16-7-5-4-6-8-16/h4-11,15H,12H2,1-3H3,(H,21,24). The average molecular weight is 351 g/mol. The molecule has 6 nitrogen and oxygen atoms in total. The van der Waals surface area contributed by atoms with Crippen LogP contribution in [0.4, 0.5) is 0 Å². The van der Waals surface area contributed by atoms with Crippen molar-refractivity contribution in [3.05, 3.63) is 65.5 Å². The van der Waals surface area contributed by atoms with Crippen molar-refractivity contribution in [2.24, 2.45) is 0 Å². The van der Waals surface area contributed by atoms with Gasteiger partial charge in [0.25, 0.3) is 5.91 Å². The minimum absolute atomic E-state index is 0.152. The van der Waals surface area contributed by atoms with E-state index < -0.39 is 6.10 Å². The molecule has 0 aliphatic heterocycles. The summed E-state index contributed by atoms with van der Waals surface area (Å²) < 4.78 is 10.9. The van der Waals surface area contributed by atoms with Gasteiger partial charge in [0.15, 0.2) is 6.10 Å². The first-order valence-corrected chi connectivity index (χ1v) is 8.42. The van der Waals surface area contributed by atoms with Crippen molar-refractivity contribution in [2.45, 2.75) is 33.4 Å². The molecule has 1 atom stereocenters. The maximum absolute atomic E-state index is 12.2. The zero-order valence-corrected chi connectivity index (χ0v) is 15.0. The van der Waals surface area contributed by atoms with Crippen LogP contribution < -0.4 is 10.1 Å². The van der Waals surface area contributed by atoms with Crippen LogP contribution in [0.3, 0.4) is 0 Å². The van der Waals surface area contributed by atoms with Crippen LogP contribution >= 0.6 is 0 Å². The molecule has 0 fully saturated rings. The normalized spacial score (nSPS) is 11.8. The number of ether oxygens (including phenoxy) is 1. The number of hydrogen-bond acceptors (Lipinski definition) is 5. The minimum Gasteiger partial charge on any atom is -0.481 e. The van der Waals surface area contributed by atoms with E-state index in [1.165, 1.54) is 0 Å². The van der Waals surface area contributed by atoms with Gasteiger partial charge in [0.2, 0.25) is 11.7 Å². The van der Waals surface area contributed by atoms with Crippen molar-refractivity contribution in [1.29, 1.82) is 0 Å². The summed E-state index contributed by atoms with van der Waals surface area (Å²) in [6.07, 6.45) is -0.632. The Morgan fingerprint density at radius 2 is 1.85 bits per heavy atom. The SMILES string of the molecule is Cc1cc(C)cc(OC(C)C(=O)NCc2nc(-c3ccccc3)no2)c1. The molecule has 1 N–H and O–H groups in total. The van der Waals surface area contributed by atoms with Gasteiger partial charge in [-0.3, -0.25) is 4.79 Å². The molecule has 3 aromatic rings. The highest BCUT2D eigenvalue weighted by Gasteiger charge is 2.16. The fraction of sp³-hybridized carbons (Fsp3) is 0.250. The van der Waals surface area contributed by atoms with Crippen LogP contribution in [-0.2, 0) is 11.3 Å². The third kappa shape index (κ3) is 4.47. The van der Waals surface area contributed by atoms with Crippen molar-refractivity contribution in [3.8, 4) is 17.1 Å². The number of aryl methyl sites for hydroxylation is 2. The average Bonchev–Trinajstić information content (AvgIpc) is 3.08. The quantitative estimate of drug-likeness (QED) is 0.736. The molecule has 0 saturated carbocycles. The first-order chi connectivity index (χ1) is 12.5. The molecule has 26 heavy (non-hydrogen) atoms. The zero-order chi connectivity index (χ0) is 18.5. The van der Waals surface area contributed by atoms with Crippen LogP contribution in [0.25, 0.3) is 11.4 Å². The Kier molecular flexibility index (Phi) is 5.31. The van der Waals surface area contributed by atoms with E-state index in [1.807, 2.05) is 56.3 Å². The summed E-state index contributed by atoms with van der Waals surface area (Å²) in [6, 6.07) is 15.4. The second kappa shape index (κ2) is 7.82. The van der Waals surface area contributed by atoms with E-state index in [0.717, 1.165) is 16.7 Å². The second-order valence-electron chi connectivity index (χ2n) is 6.18. The van der Waals surface area contributed by atoms with E-state index in [4.69, 9.17) is 9.26 Å². The van der Waals surface area contributed by atoms with E-state index in [2.05, 4.69) is 21.5 Å². The Morgan fingerprint density at radius 1 is 1.15 bits per heavy atom. The highest BCUT2D eigenvalue weighted by atomic mass is 16.5. The molecular weight excluding hydrogens is 330 g/mol. The third-order valence-corrected chi connectivity index (χ3v) is 3.79. The Morgan fingerprint density at radius 3 is 2.54 bits per heavy atom. The van der Waals surface area contributed by atoms with E-state index in [0.29, 0.717) is 17.5 Å². The van der Waals surface area contributed by atoms with Crippen LogP contribution in [0.15, 0.2) is 53.1 Å². The molecule has 0 spiro atoms. The van der Waals surface area contributed by atoms with Crippen molar-refractivity contribution < 1.29 is 14.1 Å². The first-order valence-electron chi connectivity index (χ1n) is 8.42. The number of nitrogens with zero attached hydrogens (tertiary/aromatic N) is 2. The molecule has 0 aliphatic rings. The molecule has 2 aromatic carbocycles. The molecular formula is C20H21N3O3. The monoisotopic (exact) mass is 351 g/mol. The molecule has 0 bridgehead atoms. The van der Waals surface area contributed by atoms with Gasteiger partial charge in [-0.25, -0.2) is 0 Å². The van der Waals surface area contributed by atoms with Gasteiger partial charge in [0.1, 0.15) is 5.75 Å². The molecule has 6 heteroatoms. The maximum Gasteiger partial charge on any atom is 0.261 e. The van der Waals surface area contributed by atoms with Gasteiger partial charge in [-0.15, -0.1) is 0 Å². The van der Waals surface area contributed by atoms with Crippen molar-refractivity contribution >= 4 is 5.91 Å². The number of carbonyl (C=O) groups is 1. The van der Waals surface area contributed by atoms with Gasteiger partial charge in [0, 0.05) is 5.56 Å². The first kappa shape index (κ1) is 17.7. The lowest BCUT2D eigenvalue weighted by molar-refractivity contribution is -0.127. The van der Waals surface area contributed by atoms with Gasteiger partial charge in [-0.1, -0.05) is 41.6 Å². The van der Waals surface area contributed by atoms with E-state index in [1.54, 1.807) is 6.92 Å². The van der Waals surface area contributed by atoms with E-state index in [9.17, 15) is 4.79 Å². The van der Waals surface area contributed by atoms with Crippen LogP contribution in [0, 0.1) is 13.8 Å². The topological polar surface area (TPSA) is 77.2 Å². The Labute approximate surface area is 152 Å². The van der Waals surface area contributed by atoms with Gasteiger partial charge in [-0.2, -0.15) is 4.98 Å². The summed E-state index contributed by atoms with van der Waals surface area (Å²) in [5.74, 6) is 1.27. The van der Waals surface area contributed by atoms with Crippen molar-refractivity contribution in [1.82, 2.24) is 15.5 Å². The molecule has 1 aromatic heterocycles. The van der Waals surface area contributed by atoms with Gasteiger partial charge in [0.05, 0.1) is 6.54 Å². The van der Waals surface area contributed by atoms with E-state index >= 15 is 0 Å². The Hall–Kier alpha value is -3.15. The molecule has 3 rings (SSSR count). The summed E-state index contributed by atoms with van der Waals surface area (Å²) in [7, 11) is 0. The predicted molar refractivity (Wildman–Crippen MR) is 97.6 cm³/mol. The number of amides is 1. The molecule has 0 radical (unpaired) electrons. The highest BCUT2D eigenvalue weighted by molar-refractivity contribution is 5.80. The number of hydrogen-bond donors (Lipinski definition) is 1. The molecule has 1 unspecified atom stereocenters. The molecule has 134 valence electrons. The number of aromatic nitrogens is 2. The minimum atomic E-state index is -0.632. The van der Waals surface area contributed by atoms with Crippen LogP contribution in [0.1, 0.15) is 23.9 Å². The lowest BCUT2D eigenvalue weighted by Crippen LogP contribution is -2.36.